The van der Waals surface area contributed by atoms with Crippen molar-refractivity contribution in [2.45, 2.75) is 24.7 Å². The van der Waals surface area contributed by atoms with Gasteiger partial charge in [-0.3, -0.25) is 4.55 Å². The second-order valence-corrected chi connectivity index (χ2v) is 5.03. The van der Waals surface area contributed by atoms with Crippen LogP contribution in [0.15, 0.2) is 11.0 Å². The second kappa shape index (κ2) is 3.84. The van der Waals surface area contributed by atoms with Crippen molar-refractivity contribution < 1.29 is 28.3 Å². The molecule has 1 aromatic rings. The van der Waals surface area contributed by atoms with Crippen LogP contribution in [0.25, 0.3) is 0 Å². The highest BCUT2D eigenvalue weighted by molar-refractivity contribution is 7.86. The summed E-state index contributed by atoms with van der Waals surface area (Å²) >= 11 is 0. The SMILES string of the molecule is CC(C)c1cc(S(=O)(=O)O)c(O)c(O)c1O. The molecule has 0 saturated carbocycles. The largest absolute Gasteiger partial charge is 0.504 e. The Morgan fingerprint density at radius 2 is 1.56 bits per heavy atom. The zero-order valence-corrected chi connectivity index (χ0v) is 9.48. The number of hydrogen-bond acceptors (Lipinski definition) is 5. The molecule has 16 heavy (non-hydrogen) atoms. The second-order valence-electron chi connectivity index (χ2n) is 3.64. The van der Waals surface area contributed by atoms with Crippen LogP contribution in [0.2, 0.25) is 0 Å². The maximum absolute atomic E-state index is 10.9. The first-order valence-electron chi connectivity index (χ1n) is 4.41. The molecule has 0 bridgehead atoms. The third kappa shape index (κ3) is 2.05. The molecular weight excluding hydrogens is 236 g/mol. The van der Waals surface area contributed by atoms with Crippen LogP contribution in [0.5, 0.6) is 17.2 Å². The van der Waals surface area contributed by atoms with Crippen molar-refractivity contribution >= 4 is 10.1 Å². The number of hydrogen-bond donors (Lipinski definition) is 4. The monoisotopic (exact) mass is 248 g/mol. The summed E-state index contributed by atoms with van der Waals surface area (Å²) in [5.41, 5.74) is 0.114. The lowest BCUT2D eigenvalue weighted by Gasteiger charge is -2.13. The van der Waals surface area contributed by atoms with Gasteiger partial charge in [-0.05, 0) is 12.0 Å². The molecule has 1 rings (SSSR count). The quantitative estimate of drug-likeness (QED) is 0.461. The van der Waals surface area contributed by atoms with Crippen molar-refractivity contribution in [3.8, 4) is 17.2 Å². The molecule has 0 aliphatic rings. The van der Waals surface area contributed by atoms with E-state index in [0.717, 1.165) is 6.07 Å². The fourth-order valence-corrected chi connectivity index (χ4v) is 1.90. The molecule has 0 aliphatic heterocycles. The van der Waals surface area contributed by atoms with Gasteiger partial charge >= 0.3 is 0 Å². The molecule has 0 amide bonds. The van der Waals surface area contributed by atoms with Crippen molar-refractivity contribution in [1.29, 1.82) is 0 Å². The molecule has 0 saturated heterocycles. The Morgan fingerprint density at radius 1 is 1.06 bits per heavy atom. The van der Waals surface area contributed by atoms with Crippen LogP contribution in [0.3, 0.4) is 0 Å². The topological polar surface area (TPSA) is 115 Å². The normalized spacial score (nSPS) is 12.0. The zero-order chi connectivity index (χ0) is 12.7. The first-order chi connectivity index (χ1) is 7.16. The predicted octanol–water partition coefficient (Wildman–Crippen LogP) is 1.17. The molecule has 0 aromatic heterocycles. The fraction of sp³-hybridized carbons (Fsp3) is 0.333. The summed E-state index contributed by atoms with van der Waals surface area (Å²) < 4.78 is 30.6. The van der Waals surface area contributed by atoms with E-state index >= 15 is 0 Å². The van der Waals surface area contributed by atoms with E-state index in [-0.39, 0.29) is 11.5 Å². The van der Waals surface area contributed by atoms with Gasteiger partial charge in [-0.15, -0.1) is 0 Å². The smallest absolute Gasteiger partial charge is 0.298 e. The molecule has 0 spiro atoms. The molecule has 0 atom stereocenters. The van der Waals surface area contributed by atoms with Crippen LogP contribution in [0.4, 0.5) is 0 Å². The van der Waals surface area contributed by atoms with E-state index in [2.05, 4.69) is 0 Å². The van der Waals surface area contributed by atoms with Crippen LogP contribution in [0, 0.1) is 0 Å². The van der Waals surface area contributed by atoms with E-state index in [1.165, 1.54) is 0 Å². The van der Waals surface area contributed by atoms with Gasteiger partial charge in [-0.1, -0.05) is 13.8 Å². The molecule has 0 fully saturated rings. The number of benzene rings is 1. The first-order valence-corrected chi connectivity index (χ1v) is 5.85. The molecule has 0 unspecified atom stereocenters. The molecule has 90 valence electrons. The Bertz CT molecular complexity index is 517. The highest BCUT2D eigenvalue weighted by atomic mass is 32.2. The third-order valence-electron chi connectivity index (χ3n) is 2.14. The van der Waals surface area contributed by atoms with E-state index in [4.69, 9.17) is 4.55 Å². The van der Waals surface area contributed by atoms with Gasteiger partial charge in [0.05, 0.1) is 0 Å². The molecule has 4 N–H and O–H groups in total. The lowest BCUT2D eigenvalue weighted by molar-refractivity contribution is 0.354. The first kappa shape index (κ1) is 12.6. The maximum Gasteiger partial charge on any atom is 0.298 e. The Kier molecular flexibility index (Phi) is 3.02. The van der Waals surface area contributed by atoms with Crippen molar-refractivity contribution in [2.75, 3.05) is 0 Å². The average molecular weight is 248 g/mol. The van der Waals surface area contributed by atoms with Crippen LogP contribution >= 0.6 is 0 Å². The third-order valence-corrected chi connectivity index (χ3v) is 3.01. The number of phenolic OH excluding ortho intramolecular Hbond substituents is 3. The van der Waals surface area contributed by atoms with Crippen molar-refractivity contribution in [1.82, 2.24) is 0 Å². The zero-order valence-electron chi connectivity index (χ0n) is 8.67. The summed E-state index contributed by atoms with van der Waals surface area (Å²) in [5, 5.41) is 28.0. The van der Waals surface area contributed by atoms with E-state index in [1.54, 1.807) is 13.8 Å². The van der Waals surface area contributed by atoms with Crippen LogP contribution < -0.4 is 0 Å². The van der Waals surface area contributed by atoms with Gasteiger partial charge in [-0.25, -0.2) is 0 Å². The minimum absolute atomic E-state index is 0.114. The van der Waals surface area contributed by atoms with E-state index in [0.29, 0.717) is 0 Å². The van der Waals surface area contributed by atoms with Crippen LogP contribution in [-0.4, -0.2) is 28.3 Å². The van der Waals surface area contributed by atoms with Crippen molar-refractivity contribution in [3.05, 3.63) is 11.6 Å². The van der Waals surface area contributed by atoms with Gasteiger partial charge in [0.25, 0.3) is 10.1 Å². The standard InChI is InChI=1S/C9H12O6S/c1-4(2)5-3-6(16(13,14)15)8(11)9(12)7(5)10/h3-4,10-12H,1-2H3,(H,13,14,15). The maximum atomic E-state index is 10.9. The lowest BCUT2D eigenvalue weighted by atomic mass is 10.0. The van der Waals surface area contributed by atoms with Gasteiger partial charge in [-0.2, -0.15) is 8.42 Å². The molecular formula is C9H12O6S. The highest BCUT2D eigenvalue weighted by Gasteiger charge is 2.24. The summed E-state index contributed by atoms with van der Waals surface area (Å²) in [4.78, 5) is -0.827. The summed E-state index contributed by atoms with van der Waals surface area (Å²) in [6.45, 7) is 3.30. The minimum Gasteiger partial charge on any atom is -0.504 e. The van der Waals surface area contributed by atoms with Crippen LogP contribution in [-0.2, 0) is 10.1 Å². The number of aromatic hydroxyl groups is 3. The fourth-order valence-electron chi connectivity index (χ4n) is 1.28. The van der Waals surface area contributed by atoms with Crippen molar-refractivity contribution in [3.63, 3.8) is 0 Å². The predicted molar refractivity (Wildman–Crippen MR) is 55.3 cm³/mol. The van der Waals surface area contributed by atoms with E-state index < -0.39 is 32.3 Å². The number of phenols is 3. The lowest BCUT2D eigenvalue weighted by Crippen LogP contribution is -2.01. The molecule has 7 heteroatoms. The van der Waals surface area contributed by atoms with Crippen LogP contribution in [0.1, 0.15) is 25.3 Å². The summed E-state index contributed by atoms with van der Waals surface area (Å²) in [7, 11) is -4.65. The Morgan fingerprint density at radius 3 is 1.94 bits per heavy atom. The van der Waals surface area contributed by atoms with Gasteiger partial charge in [0, 0.05) is 5.56 Å². The molecule has 0 aliphatic carbocycles. The van der Waals surface area contributed by atoms with Gasteiger partial charge in [0.2, 0.25) is 5.75 Å². The average Bonchev–Trinajstić information content (AvgIpc) is 2.11. The summed E-state index contributed by atoms with van der Waals surface area (Å²) in [6.07, 6.45) is 0. The number of rotatable bonds is 2. The Labute approximate surface area is 92.5 Å². The Balaban J connectivity index is 3.68. The minimum atomic E-state index is -4.65. The summed E-state index contributed by atoms with van der Waals surface area (Å²) in [6, 6.07) is 0.921. The van der Waals surface area contributed by atoms with Crippen molar-refractivity contribution in [2.24, 2.45) is 0 Å². The van der Waals surface area contributed by atoms with E-state index in [1.807, 2.05) is 0 Å². The summed E-state index contributed by atoms with van der Waals surface area (Å²) in [5.74, 6) is -2.91. The van der Waals surface area contributed by atoms with Gasteiger partial charge in [0.15, 0.2) is 11.5 Å². The van der Waals surface area contributed by atoms with Gasteiger partial charge < -0.3 is 15.3 Å². The highest BCUT2D eigenvalue weighted by Crippen LogP contribution is 2.44. The van der Waals surface area contributed by atoms with E-state index in [9.17, 15) is 23.7 Å². The Hall–Kier alpha value is -1.47. The molecule has 6 nitrogen and oxygen atoms in total. The van der Waals surface area contributed by atoms with Gasteiger partial charge in [0.1, 0.15) is 4.90 Å². The molecule has 0 heterocycles. The molecule has 1 aromatic carbocycles. The molecule has 0 radical (unpaired) electrons.